The van der Waals surface area contributed by atoms with Gasteiger partial charge in [-0.05, 0) is 49.2 Å². The number of aryl methyl sites for hydroxylation is 2. The van der Waals surface area contributed by atoms with Gasteiger partial charge in [0.05, 0.1) is 13.2 Å². The number of rotatable bonds is 3. The van der Waals surface area contributed by atoms with E-state index in [1.807, 2.05) is 26.0 Å². The van der Waals surface area contributed by atoms with Gasteiger partial charge in [-0.1, -0.05) is 22.0 Å². The van der Waals surface area contributed by atoms with Crippen molar-refractivity contribution in [3.8, 4) is 5.75 Å². The van der Waals surface area contributed by atoms with Crippen LogP contribution in [0.2, 0.25) is 0 Å². The van der Waals surface area contributed by atoms with Crippen LogP contribution in [0, 0.1) is 19.7 Å². The van der Waals surface area contributed by atoms with E-state index in [1.54, 1.807) is 19.2 Å². The van der Waals surface area contributed by atoms with Gasteiger partial charge in [-0.15, -0.1) is 0 Å². The maximum atomic E-state index is 14.0. The first-order chi connectivity index (χ1) is 9.43. The molecule has 0 aromatic heterocycles. The molecule has 2 rings (SSSR count). The van der Waals surface area contributed by atoms with Crippen molar-refractivity contribution >= 4 is 15.9 Å². The summed E-state index contributed by atoms with van der Waals surface area (Å²) in [5.74, 6) is 0.372. The lowest BCUT2D eigenvalue weighted by Crippen LogP contribution is -2.16. The summed E-state index contributed by atoms with van der Waals surface area (Å²) in [4.78, 5) is 0. The highest BCUT2D eigenvalue weighted by atomic mass is 79.9. The summed E-state index contributed by atoms with van der Waals surface area (Å²) in [6, 6.07) is 8.15. The zero-order valence-corrected chi connectivity index (χ0v) is 13.3. The van der Waals surface area contributed by atoms with E-state index in [2.05, 4.69) is 15.9 Å². The molecule has 0 saturated heterocycles. The van der Waals surface area contributed by atoms with Crippen molar-refractivity contribution in [2.45, 2.75) is 19.9 Å². The van der Waals surface area contributed by atoms with Gasteiger partial charge in [0.15, 0.2) is 0 Å². The first-order valence-electron chi connectivity index (χ1n) is 6.29. The molecule has 0 heterocycles. The van der Waals surface area contributed by atoms with Gasteiger partial charge >= 0.3 is 0 Å². The maximum Gasteiger partial charge on any atom is 0.128 e. The normalized spacial score (nSPS) is 12.3. The van der Waals surface area contributed by atoms with Crippen LogP contribution in [0.15, 0.2) is 34.8 Å². The summed E-state index contributed by atoms with van der Waals surface area (Å²) >= 11 is 3.35. The van der Waals surface area contributed by atoms with Crippen molar-refractivity contribution < 1.29 is 9.13 Å². The maximum absolute atomic E-state index is 14.0. The molecule has 0 amide bonds. The van der Waals surface area contributed by atoms with E-state index in [4.69, 9.17) is 10.5 Å². The molecule has 2 nitrogen and oxygen atoms in total. The number of hydrogen-bond donors (Lipinski definition) is 1. The topological polar surface area (TPSA) is 35.2 Å². The van der Waals surface area contributed by atoms with Crippen LogP contribution < -0.4 is 10.5 Å². The van der Waals surface area contributed by atoms with Crippen LogP contribution in [-0.4, -0.2) is 7.11 Å². The SMILES string of the molecule is COc1cc(C)cc(C)c1C(N)c1cc(Br)ccc1F. The van der Waals surface area contributed by atoms with E-state index in [1.165, 1.54) is 6.07 Å². The highest BCUT2D eigenvalue weighted by Crippen LogP contribution is 2.34. The van der Waals surface area contributed by atoms with Crippen LogP contribution in [0.3, 0.4) is 0 Å². The second-order valence-corrected chi connectivity index (χ2v) is 5.76. The fourth-order valence-corrected chi connectivity index (χ4v) is 2.79. The van der Waals surface area contributed by atoms with Crippen LogP contribution in [0.5, 0.6) is 5.75 Å². The molecule has 0 fully saturated rings. The zero-order chi connectivity index (χ0) is 14.9. The van der Waals surface area contributed by atoms with E-state index < -0.39 is 6.04 Å². The van der Waals surface area contributed by atoms with E-state index in [0.717, 1.165) is 21.2 Å². The number of hydrogen-bond acceptors (Lipinski definition) is 2. The quantitative estimate of drug-likeness (QED) is 0.907. The van der Waals surface area contributed by atoms with Crippen molar-refractivity contribution in [3.63, 3.8) is 0 Å². The summed E-state index contributed by atoms with van der Waals surface area (Å²) in [6.07, 6.45) is 0. The molecule has 0 bridgehead atoms. The van der Waals surface area contributed by atoms with Crippen LogP contribution in [0.4, 0.5) is 4.39 Å². The Kier molecular flexibility index (Phi) is 4.45. The number of ether oxygens (including phenoxy) is 1. The standard InChI is InChI=1S/C16H17BrFNO/c1-9-6-10(2)15(14(7-9)20-3)16(19)12-8-11(17)4-5-13(12)18/h4-8,16H,19H2,1-3H3. The molecular formula is C16H17BrFNO. The van der Waals surface area contributed by atoms with Gasteiger partial charge in [-0.25, -0.2) is 4.39 Å². The zero-order valence-electron chi connectivity index (χ0n) is 11.7. The molecule has 1 unspecified atom stereocenters. The third-order valence-corrected chi connectivity index (χ3v) is 3.81. The smallest absolute Gasteiger partial charge is 0.128 e. The molecule has 0 aliphatic carbocycles. The Hall–Kier alpha value is -1.39. The molecule has 1 atom stereocenters. The van der Waals surface area contributed by atoms with E-state index in [-0.39, 0.29) is 5.82 Å². The molecule has 0 aliphatic heterocycles. The van der Waals surface area contributed by atoms with Crippen molar-refractivity contribution in [1.82, 2.24) is 0 Å². The lowest BCUT2D eigenvalue weighted by molar-refractivity contribution is 0.406. The van der Waals surface area contributed by atoms with Gasteiger partial charge in [0.2, 0.25) is 0 Å². The van der Waals surface area contributed by atoms with Gasteiger partial charge in [-0.2, -0.15) is 0 Å². The minimum Gasteiger partial charge on any atom is -0.496 e. The average molecular weight is 338 g/mol. The largest absolute Gasteiger partial charge is 0.496 e. The summed E-state index contributed by atoms with van der Waals surface area (Å²) in [5.41, 5.74) is 9.62. The van der Waals surface area contributed by atoms with Gasteiger partial charge in [0.25, 0.3) is 0 Å². The summed E-state index contributed by atoms with van der Waals surface area (Å²) in [6.45, 7) is 3.95. The molecule has 2 aromatic rings. The van der Waals surface area contributed by atoms with Gasteiger partial charge < -0.3 is 10.5 Å². The fraction of sp³-hybridized carbons (Fsp3) is 0.250. The second kappa shape index (κ2) is 5.94. The molecule has 20 heavy (non-hydrogen) atoms. The highest BCUT2D eigenvalue weighted by Gasteiger charge is 2.20. The van der Waals surface area contributed by atoms with Crippen LogP contribution in [-0.2, 0) is 0 Å². The fourth-order valence-electron chi connectivity index (χ4n) is 2.42. The number of nitrogens with two attached hydrogens (primary N) is 1. The lowest BCUT2D eigenvalue weighted by atomic mass is 9.93. The molecule has 0 aliphatic rings. The first kappa shape index (κ1) is 15.0. The predicted octanol–water partition coefficient (Wildman–Crippen LogP) is 4.26. The Labute approximate surface area is 126 Å². The summed E-state index contributed by atoms with van der Waals surface area (Å²) in [7, 11) is 1.60. The Morgan fingerprint density at radius 2 is 1.90 bits per heavy atom. The number of halogens is 2. The molecule has 4 heteroatoms. The molecule has 0 radical (unpaired) electrons. The Morgan fingerprint density at radius 3 is 2.55 bits per heavy atom. The van der Waals surface area contributed by atoms with E-state index in [9.17, 15) is 4.39 Å². The van der Waals surface area contributed by atoms with Crippen LogP contribution in [0.1, 0.15) is 28.3 Å². The first-order valence-corrected chi connectivity index (χ1v) is 7.09. The van der Waals surface area contributed by atoms with E-state index >= 15 is 0 Å². The van der Waals surface area contributed by atoms with Crippen molar-refractivity contribution in [3.05, 3.63) is 62.9 Å². The number of methoxy groups -OCH3 is 1. The minimum atomic E-state index is -0.567. The van der Waals surface area contributed by atoms with Crippen LogP contribution >= 0.6 is 15.9 Å². The third-order valence-electron chi connectivity index (χ3n) is 3.32. The van der Waals surface area contributed by atoms with Crippen molar-refractivity contribution in [2.24, 2.45) is 5.73 Å². The monoisotopic (exact) mass is 337 g/mol. The number of benzene rings is 2. The molecule has 106 valence electrons. The van der Waals surface area contributed by atoms with Gasteiger partial charge in [0, 0.05) is 15.6 Å². The summed E-state index contributed by atoms with van der Waals surface area (Å²) < 4.78 is 20.2. The summed E-state index contributed by atoms with van der Waals surface area (Å²) in [5, 5.41) is 0. The average Bonchev–Trinajstić information content (AvgIpc) is 2.40. The highest BCUT2D eigenvalue weighted by molar-refractivity contribution is 9.10. The molecule has 0 saturated carbocycles. The van der Waals surface area contributed by atoms with Crippen molar-refractivity contribution in [2.75, 3.05) is 7.11 Å². The third kappa shape index (κ3) is 2.86. The molecule has 2 aromatic carbocycles. The Bertz CT molecular complexity index is 643. The molecule has 2 N–H and O–H groups in total. The van der Waals surface area contributed by atoms with Gasteiger partial charge in [0.1, 0.15) is 11.6 Å². The second-order valence-electron chi connectivity index (χ2n) is 4.84. The minimum absolute atomic E-state index is 0.317. The molecular weight excluding hydrogens is 321 g/mol. The Balaban J connectivity index is 2.58. The lowest BCUT2D eigenvalue weighted by Gasteiger charge is -2.20. The van der Waals surface area contributed by atoms with Crippen molar-refractivity contribution in [1.29, 1.82) is 0 Å². The van der Waals surface area contributed by atoms with Crippen LogP contribution in [0.25, 0.3) is 0 Å². The van der Waals surface area contributed by atoms with Gasteiger partial charge in [-0.3, -0.25) is 0 Å². The van der Waals surface area contributed by atoms with E-state index in [0.29, 0.717) is 11.3 Å². The predicted molar refractivity (Wildman–Crippen MR) is 82.6 cm³/mol. The Morgan fingerprint density at radius 1 is 1.20 bits per heavy atom. The molecule has 0 spiro atoms.